The van der Waals surface area contributed by atoms with Gasteiger partial charge in [-0.25, -0.2) is 4.79 Å². The Kier molecular flexibility index (Phi) is 4.52. The van der Waals surface area contributed by atoms with Crippen LogP contribution in [-0.4, -0.2) is 50.0 Å². The van der Waals surface area contributed by atoms with E-state index >= 15 is 0 Å². The zero-order chi connectivity index (χ0) is 19.8. The molecular formula is C18H18N4O5. The predicted octanol–water partition coefficient (Wildman–Crippen LogP) is 1.33. The first-order valence-corrected chi connectivity index (χ1v) is 8.25. The first kappa shape index (κ1) is 18.3. The van der Waals surface area contributed by atoms with E-state index in [1.165, 1.54) is 30.9 Å². The monoisotopic (exact) mass is 370 g/mol. The predicted molar refractivity (Wildman–Crippen MR) is 94.2 cm³/mol. The minimum absolute atomic E-state index is 0.0487. The van der Waals surface area contributed by atoms with Gasteiger partial charge in [-0.3, -0.25) is 24.0 Å². The van der Waals surface area contributed by atoms with Crippen molar-refractivity contribution in [2.45, 2.75) is 25.8 Å². The second kappa shape index (κ2) is 6.67. The molecule has 9 nitrogen and oxygen atoms in total. The van der Waals surface area contributed by atoms with Gasteiger partial charge in [0.25, 0.3) is 11.8 Å². The van der Waals surface area contributed by atoms with E-state index in [-0.39, 0.29) is 13.0 Å². The quantitative estimate of drug-likeness (QED) is 0.740. The number of benzene rings is 1. The molecule has 2 N–H and O–H groups in total. The van der Waals surface area contributed by atoms with Gasteiger partial charge in [-0.2, -0.15) is 5.10 Å². The van der Waals surface area contributed by atoms with Gasteiger partial charge in [0.15, 0.2) is 5.54 Å². The smallest absolute Gasteiger partial charge is 0.331 e. The largest absolute Gasteiger partial charge is 0.479 e. The lowest BCUT2D eigenvalue weighted by Gasteiger charge is -2.19. The summed E-state index contributed by atoms with van der Waals surface area (Å²) in [4.78, 5) is 48.9. The molecule has 3 rings (SSSR count). The molecule has 0 atom stereocenters. The Morgan fingerprint density at radius 2 is 1.74 bits per heavy atom. The van der Waals surface area contributed by atoms with Crippen molar-refractivity contribution in [3.63, 3.8) is 0 Å². The number of fused-ring (bicyclic) bond motifs is 1. The van der Waals surface area contributed by atoms with Gasteiger partial charge in [-0.15, -0.1) is 0 Å². The fourth-order valence-electron chi connectivity index (χ4n) is 2.67. The van der Waals surface area contributed by atoms with E-state index in [2.05, 4.69) is 10.4 Å². The summed E-state index contributed by atoms with van der Waals surface area (Å²) in [6, 6.07) is 6.51. The van der Waals surface area contributed by atoms with Crippen LogP contribution in [0.2, 0.25) is 0 Å². The van der Waals surface area contributed by atoms with Crippen LogP contribution in [0.4, 0.5) is 5.69 Å². The summed E-state index contributed by atoms with van der Waals surface area (Å²) in [6.07, 6.45) is 2.66. The van der Waals surface area contributed by atoms with Crippen molar-refractivity contribution < 1.29 is 24.3 Å². The standard InChI is InChI=1S/C18H18N4O5/c1-18(2,17(26)27)22-10-11(9-19-22)20-14(23)7-8-21-15(24)12-5-3-4-6-13(12)16(21)25/h3-6,9-10H,7-8H2,1-2H3,(H,20,23)(H,26,27). The minimum atomic E-state index is -1.26. The van der Waals surface area contributed by atoms with E-state index in [0.29, 0.717) is 16.8 Å². The molecule has 0 unspecified atom stereocenters. The number of carbonyl (C=O) groups is 4. The number of imide groups is 1. The molecule has 1 aromatic carbocycles. The summed E-state index contributed by atoms with van der Waals surface area (Å²) >= 11 is 0. The highest BCUT2D eigenvalue weighted by Gasteiger charge is 2.35. The van der Waals surface area contributed by atoms with Crippen molar-refractivity contribution in [1.82, 2.24) is 14.7 Å². The van der Waals surface area contributed by atoms with Crippen molar-refractivity contribution in [1.29, 1.82) is 0 Å². The van der Waals surface area contributed by atoms with Crippen LogP contribution in [0.3, 0.4) is 0 Å². The maximum atomic E-state index is 12.3. The third kappa shape index (κ3) is 3.31. The second-order valence-electron chi connectivity index (χ2n) is 6.64. The van der Waals surface area contributed by atoms with Crippen molar-refractivity contribution in [2.24, 2.45) is 0 Å². The number of aliphatic carboxylic acids is 1. The number of amides is 3. The van der Waals surface area contributed by atoms with E-state index in [1.807, 2.05) is 0 Å². The summed E-state index contributed by atoms with van der Waals surface area (Å²) in [5.74, 6) is -2.31. The van der Waals surface area contributed by atoms with E-state index in [9.17, 15) is 24.3 Å². The number of carbonyl (C=O) groups excluding carboxylic acids is 3. The Balaban J connectivity index is 1.60. The topological polar surface area (TPSA) is 122 Å². The molecule has 0 aliphatic carbocycles. The number of rotatable bonds is 6. The molecule has 1 aromatic heterocycles. The van der Waals surface area contributed by atoms with E-state index in [4.69, 9.17) is 0 Å². The zero-order valence-electron chi connectivity index (χ0n) is 14.8. The van der Waals surface area contributed by atoms with Crippen LogP contribution in [0, 0.1) is 0 Å². The Morgan fingerprint density at radius 3 is 2.30 bits per heavy atom. The summed E-state index contributed by atoms with van der Waals surface area (Å²) in [5, 5.41) is 15.7. The van der Waals surface area contributed by atoms with Crippen molar-refractivity contribution in [2.75, 3.05) is 11.9 Å². The fraction of sp³-hybridized carbons (Fsp3) is 0.278. The lowest BCUT2D eigenvalue weighted by atomic mass is 10.1. The minimum Gasteiger partial charge on any atom is -0.479 e. The second-order valence-corrected chi connectivity index (χ2v) is 6.64. The summed E-state index contributed by atoms with van der Waals surface area (Å²) in [5.41, 5.74) is -0.264. The Labute approximate surface area is 154 Å². The zero-order valence-corrected chi connectivity index (χ0v) is 14.8. The van der Waals surface area contributed by atoms with Gasteiger partial charge < -0.3 is 10.4 Å². The van der Waals surface area contributed by atoms with Gasteiger partial charge in [0.1, 0.15) is 0 Å². The molecule has 0 saturated heterocycles. The molecule has 27 heavy (non-hydrogen) atoms. The molecule has 0 saturated carbocycles. The van der Waals surface area contributed by atoms with Crippen molar-refractivity contribution in [3.8, 4) is 0 Å². The average Bonchev–Trinajstić information content (AvgIpc) is 3.18. The maximum Gasteiger partial charge on any atom is 0.331 e. The number of hydrogen-bond donors (Lipinski definition) is 2. The highest BCUT2D eigenvalue weighted by atomic mass is 16.4. The molecule has 0 spiro atoms. The maximum absolute atomic E-state index is 12.3. The van der Waals surface area contributed by atoms with Gasteiger partial charge >= 0.3 is 5.97 Å². The number of nitrogens with one attached hydrogen (secondary N) is 1. The van der Waals surface area contributed by atoms with Crippen molar-refractivity contribution in [3.05, 3.63) is 47.8 Å². The molecular weight excluding hydrogens is 352 g/mol. The highest BCUT2D eigenvalue weighted by Crippen LogP contribution is 2.22. The lowest BCUT2D eigenvalue weighted by Crippen LogP contribution is -2.36. The first-order chi connectivity index (χ1) is 12.7. The number of carboxylic acids is 1. The number of aromatic nitrogens is 2. The van der Waals surface area contributed by atoms with Crippen LogP contribution in [-0.2, 0) is 15.1 Å². The van der Waals surface area contributed by atoms with Crippen LogP contribution in [0.25, 0.3) is 0 Å². The molecule has 0 fully saturated rings. The van der Waals surface area contributed by atoms with Crippen LogP contribution >= 0.6 is 0 Å². The number of anilines is 1. The average molecular weight is 370 g/mol. The third-order valence-electron chi connectivity index (χ3n) is 4.40. The van der Waals surface area contributed by atoms with Crippen LogP contribution in [0.1, 0.15) is 41.0 Å². The van der Waals surface area contributed by atoms with Crippen LogP contribution in [0.15, 0.2) is 36.7 Å². The third-order valence-corrected chi connectivity index (χ3v) is 4.40. The van der Waals surface area contributed by atoms with Crippen molar-refractivity contribution >= 4 is 29.4 Å². The Morgan fingerprint density at radius 1 is 1.15 bits per heavy atom. The van der Waals surface area contributed by atoms with Crippen LogP contribution < -0.4 is 5.32 Å². The highest BCUT2D eigenvalue weighted by molar-refractivity contribution is 6.21. The summed E-state index contributed by atoms with van der Waals surface area (Å²) in [7, 11) is 0. The molecule has 9 heteroatoms. The van der Waals surface area contributed by atoms with Crippen LogP contribution in [0.5, 0.6) is 0 Å². The molecule has 2 heterocycles. The Hall–Kier alpha value is -3.49. The molecule has 3 amide bonds. The molecule has 140 valence electrons. The number of hydrogen-bond acceptors (Lipinski definition) is 5. The molecule has 1 aliphatic rings. The van der Waals surface area contributed by atoms with Gasteiger partial charge in [0.05, 0.1) is 23.0 Å². The van der Waals surface area contributed by atoms with Gasteiger partial charge in [-0.05, 0) is 26.0 Å². The fourth-order valence-corrected chi connectivity index (χ4v) is 2.67. The molecule has 0 bridgehead atoms. The van der Waals surface area contributed by atoms with Gasteiger partial charge in [0.2, 0.25) is 5.91 Å². The number of nitrogens with zero attached hydrogens (tertiary/aromatic N) is 3. The SMILES string of the molecule is CC(C)(C(=O)O)n1cc(NC(=O)CCN2C(=O)c3ccccc3C2=O)cn1. The first-order valence-electron chi connectivity index (χ1n) is 8.25. The van der Waals surface area contributed by atoms with Gasteiger partial charge in [0, 0.05) is 19.2 Å². The summed E-state index contributed by atoms with van der Waals surface area (Å²) < 4.78 is 1.23. The lowest BCUT2D eigenvalue weighted by molar-refractivity contribution is -0.146. The molecule has 2 aromatic rings. The van der Waals surface area contributed by atoms with Gasteiger partial charge in [-0.1, -0.05) is 12.1 Å². The Bertz CT molecular complexity index is 912. The molecule has 0 radical (unpaired) electrons. The van der Waals surface area contributed by atoms with E-state index < -0.39 is 29.2 Å². The summed E-state index contributed by atoms with van der Waals surface area (Å²) in [6.45, 7) is 2.92. The normalized spacial score (nSPS) is 13.6. The van der Waals surface area contributed by atoms with E-state index in [0.717, 1.165) is 4.90 Å². The van der Waals surface area contributed by atoms with E-state index in [1.54, 1.807) is 24.3 Å². The number of carboxylic acid groups (broad SMARTS) is 1. The molecule has 1 aliphatic heterocycles.